The summed E-state index contributed by atoms with van der Waals surface area (Å²) in [5, 5.41) is 0.260. The highest BCUT2D eigenvalue weighted by molar-refractivity contribution is 6.32. The molecule has 7 nitrogen and oxygen atoms in total. The molecule has 2 aliphatic rings. The van der Waals surface area contributed by atoms with Gasteiger partial charge in [0, 0.05) is 26.2 Å². The highest BCUT2D eigenvalue weighted by Gasteiger charge is 2.23. The molecular weight excluding hydrogens is 296 g/mol. The van der Waals surface area contributed by atoms with Gasteiger partial charge in [-0.05, 0) is 0 Å². The van der Waals surface area contributed by atoms with E-state index in [4.69, 9.17) is 21.1 Å². The van der Waals surface area contributed by atoms with Gasteiger partial charge in [-0.1, -0.05) is 11.6 Å². The second-order valence-corrected chi connectivity index (χ2v) is 5.22. The van der Waals surface area contributed by atoms with Crippen molar-refractivity contribution in [2.45, 2.75) is 0 Å². The highest BCUT2D eigenvalue weighted by atomic mass is 35.5. The van der Waals surface area contributed by atoms with Crippen LogP contribution in [0.15, 0.2) is 0 Å². The zero-order chi connectivity index (χ0) is 14.7. The molecular formula is C13H17ClN4O3. The number of ether oxygens (including phenoxy) is 2. The normalized spacial score (nSPS) is 19.7. The lowest BCUT2D eigenvalue weighted by Gasteiger charge is -2.31. The molecule has 0 N–H and O–H groups in total. The predicted molar refractivity (Wildman–Crippen MR) is 78.5 cm³/mol. The van der Waals surface area contributed by atoms with Crippen LogP contribution in [-0.4, -0.2) is 68.9 Å². The number of aromatic nitrogens is 2. The van der Waals surface area contributed by atoms with Crippen molar-refractivity contribution in [3.63, 3.8) is 0 Å². The number of halogens is 1. The first-order valence-electron chi connectivity index (χ1n) is 6.97. The van der Waals surface area contributed by atoms with Crippen LogP contribution in [0.5, 0.6) is 0 Å². The van der Waals surface area contributed by atoms with Crippen molar-refractivity contribution in [2.24, 2.45) is 0 Å². The summed E-state index contributed by atoms with van der Waals surface area (Å²) in [6.45, 7) is 5.35. The molecule has 0 amide bonds. The van der Waals surface area contributed by atoms with E-state index >= 15 is 0 Å². The summed E-state index contributed by atoms with van der Waals surface area (Å²) < 4.78 is 10.7. The number of aldehydes is 1. The van der Waals surface area contributed by atoms with E-state index in [-0.39, 0.29) is 10.8 Å². The van der Waals surface area contributed by atoms with Gasteiger partial charge >= 0.3 is 0 Å². The maximum atomic E-state index is 11.3. The van der Waals surface area contributed by atoms with Gasteiger partial charge in [0.25, 0.3) is 0 Å². The lowest BCUT2D eigenvalue weighted by molar-refractivity contribution is 0.111. The number of nitrogens with zero attached hydrogens (tertiary/aromatic N) is 4. The van der Waals surface area contributed by atoms with Crippen molar-refractivity contribution in [2.75, 3.05) is 62.4 Å². The van der Waals surface area contributed by atoms with Gasteiger partial charge in [-0.3, -0.25) is 4.79 Å². The van der Waals surface area contributed by atoms with E-state index < -0.39 is 0 Å². The molecule has 2 aliphatic heterocycles. The molecule has 3 heterocycles. The number of carbonyl (C=O) groups is 1. The van der Waals surface area contributed by atoms with Crippen molar-refractivity contribution in [3.8, 4) is 0 Å². The molecule has 0 bridgehead atoms. The topological polar surface area (TPSA) is 67.8 Å². The van der Waals surface area contributed by atoms with Crippen LogP contribution in [0, 0.1) is 0 Å². The first-order chi connectivity index (χ1) is 10.3. The Hall–Kier alpha value is -1.44. The van der Waals surface area contributed by atoms with Crippen molar-refractivity contribution in [3.05, 3.63) is 10.8 Å². The van der Waals surface area contributed by atoms with Crippen molar-refractivity contribution < 1.29 is 14.3 Å². The fraction of sp³-hybridized carbons (Fsp3) is 0.615. The quantitative estimate of drug-likeness (QED) is 0.758. The average Bonchev–Trinajstić information content (AvgIpc) is 2.56. The molecule has 0 unspecified atom stereocenters. The zero-order valence-corrected chi connectivity index (χ0v) is 12.4. The van der Waals surface area contributed by atoms with Gasteiger partial charge in [-0.2, -0.15) is 0 Å². The summed E-state index contributed by atoms with van der Waals surface area (Å²) in [5.74, 6) is 1.20. The van der Waals surface area contributed by atoms with Gasteiger partial charge < -0.3 is 19.3 Å². The minimum atomic E-state index is 0.260. The van der Waals surface area contributed by atoms with Gasteiger partial charge in [0.15, 0.2) is 23.1 Å². The monoisotopic (exact) mass is 312 g/mol. The van der Waals surface area contributed by atoms with Gasteiger partial charge in [0.05, 0.1) is 26.4 Å². The van der Waals surface area contributed by atoms with Gasteiger partial charge in [-0.15, -0.1) is 0 Å². The van der Waals surface area contributed by atoms with E-state index in [0.29, 0.717) is 57.4 Å². The molecule has 0 atom stereocenters. The largest absolute Gasteiger partial charge is 0.378 e. The standard InChI is InChI=1S/C13H17ClN4O3/c14-11-13(18-3-7-21-8-4-18)16-12(10(9-19)15-11)17-1-5-20-6-2-17/h9H,1-8H2. The molecule has 2 fully saturated rings. The Morgan fingerprint density at radius 1 is 0.905 bits per heavy atom. The molecule has 3 rings (SSSR count). The molecule has 0 aliphatic carbocycles. The number of anilines is 2. The van der Waals surface area contributed by atoms with Crippen molar-refractivity contribution in [1.82, 2.24) is 9.97 Å². The minimum absolute atomic E-state index is 0.260. The maximum absolute atomic E-state index is 11.3. The van der Waals surface area contributed by atoms with Crippen LogP contribution in [0.25, 0.3) is 0 Å². The summed E-state index contributed by atoms with van der Waals surface area (Å²) in [5.41, 5.74) is 0.277. The van der Waals surface area contributed by atoms with Gasteiger partial charge in [0.1, 0.15) is 5.69 Å². The van der Waals surface area contributed by atoms with Crippen LogP contribution in [0.3, 0.4) is 0 Å². The third-order valence-corrected chi connectivity index (χ3v) is 3.83. The first-order valence-corrected chi connectivity index (χ1v) is 7.35. The SMILES string of the molecule is O=Cc1nc(Cl)c(N2CCOCC2)nc1N1CCOCC1. The summed E-state index contributed by atoms with van der Waals surface area (Å²) >= 11 is 6.19. The average molecular weight is 313 g/mol. The Labute approximate surface area is 127 Å². The lowest BCUT2D eigenvalue weighted by atomic mass is 10.3. The molecule has 2 saturated heterocycles. The Bertz CT molecular complexity index is 516. The number of carbonyl (C=O) groups excluding carboxylic acids is 1. The van der Waals surface area contributed by atoms with E-state index in [0.717, 1.165) is 13.1 Å². The molecule has 0 saturated carbocycles. The highest BCUT2D eigenvalue weighted by Crippen LogP contribution is 2.27. The zero-order valence-electron chi connectivity index (χ0n) is 11.6. The van der Waals surface area contributed by atoms with Crippen LogP contribution < -0.4 is 9.80 Å². The Morgan fingerprint density at radius 2 is 1.43 bits per heavy atom. The Morgan fingerprint density at radius 3 is 1.95 bits per heavy atom. The second kappa shape index (κ2) is 6.55. The van der Waals surface area contributed by atoms with Crippen LogP contribution in [0.1, 0.15) is 10.5 Å². The summed E-state index contributed by atoms with van der Waals surface area (Å²) in [4.78, 5) is 24.1. The smallest absolute Gasteiger partial charge is 0.172 e. The number of morpholine rings is 2. The summed E-state index contributed by atoms with van der Waals surface area (Å²) in [6.07, 6.45) is 0.701. The number of hydrogen-bond donors (Lipinski definition) is 0. The second-order valence-electron chi connectivity index (χ2n) is 4.86. The van der Waals surface area contributed by atoms with Crippen LogP contribution in [0.2, 0.25) is 5.15 Å². The van der Waals surface area contributed by atoms with Crippen LogP contribution >= 0.6 is 11.6 Å². The summed E-state index contributed by atoms with van der Waals surface area (Å²) in [7, 11) is 0. The molecule has 0 aromatic carbocycles. The molecule has 114 valence electrons. The van der Waals surface area contributed by atoms with Crippen LogP contribution in [0.4, 0.5) is 11.6 Å². The lowest BCUT2D eigenvalue weighted by Crippen LogP contribution is -2.39. The number of rotatable bonds is 3. The fourth-order valence-electron chi connectivity index (χ4n) is 2.47. The Kier molecular flexibility index (Phi) is 4.52. The van der Waals surface area contributed by atoms with E-state index in [1.165, 1.54) is 0 Å². The van der Waals surface area contributed by atoms with Gasteiger partial charge in [-0.25, -0.2) is 9.97 Å². The Balaban J connectivity index is 1.94. The molecule has 0 spiro atoms. The third kappa shape index (κ3) is 3.09. The molecule has 8 heteroatoms. The van der Waals surface area contributed by atoms with E-state index in [1.807, 2.05) is 9.80 Å². The van der Waals surface area contributed by atoms with Crippen molar-refractivity contribution >= 4 is 29.5 Å². The minimum Gasteiger partial charge on any atom is -0.378 e. The summed E-state index contributed by atoms with van der Waals surface area (Å²) in [6, 6.07) is 0. The third-order valence-electron chi connectivity index (χ3n) is 3.58. The van der Waals surface area contributed by atoms with E-state index in [1.54, 1.807) is 0 Å². The molecule has 21 heavy (non-hydrogen) atoms. The van der Waals surface area contributed by atoms with Crippen LogP contribution in [-0.2, 0) is 9.47 Å². The van der Waals surface area contributed by atoms with E-state index in [2.05, 4.69) is 9.97 Å². The van der Waals surface area contributed by atoms with E-state index in [9.17, 15) is 4.79 Å². The molecule has 1 aromatic rings. The first kappa shape index (κ1) is 14.5. The predicted octanol–water partition coefficient (Wildman–Crippen LogP) is 0.616. The number of hydrogen-bond acceptors (Lipinski definition) is 7. The fourth-order valence-corrected chi connectivity index (χ4v) is 2.73. The van der Waals surface area contributed by atoms with Crippen molar-refractivity contribution in [1.29, 1.82) is 0 Å². The van der Waals surface area contributed by atoms with Gasteiger partial charge in [0.2, 0.25) is 0 Å². The maximum Gasteiger partial charge on any atom is 0.172 e. The molecule has 1 aromatic heterocycles. The molecule has 0 radical (unpaired) electrons.